The van der Waals surface area contributed by atoms with Gasteiger partial charge in [-0.25, -0.2) is 0 Å². The molecule has 3 rings (SSSR count). The lowest BCUT2D eigenvalue weighted by Gasteiger charge is -2.21. The fourth-order valence-corrected chi connectivity index (χ4v) is 5.25. The number of benzene rings is 2. The molecule has 0 N–H and O–H groups in total. The van der Waals surface area contributed by atoms with Crippen molar-refractivity contribution >= 4 is 16.9 Å². The topological polar surface area (TPSA) is 30.9 Å². The normalized spacial score (nSPS) is 12.4. The Morgan fingerprint density at radius 2 is 1.55 bits per heavy atom. The largest absolute Gasteiger partial charge is 0.491 e. The van der Waals surface area contributed by atoms with Crippen LogP contribution in [0, 0.1) is 0 Å². The van der Waals surface area contributed by atoms with Gasteiger partial charge < -0.3 is 14.2 Å². The maximum absolute atomic E-state index is 6.05. The van der Waals surface area contributed by atoms with Crippen LogP contribution in [0.5, 0.6) is 0 Å². The van der Waals surface area contributed by atoms with Crippen molar-refractivity contribution in [2.24, 2.45) is 0 Å². The summed E-state index contributed by atoms with van der Waals surface area (Å²) in [5.41, 5.74) is 9.91. The van der Waals surface area contributed by atoms with E-state index in [1.165, 1.54) is 53.5 Å². The molecule has 0 radical (unpaired) electrons. The fourth-order valence-electron chi connectivity index (χ4n) is 5.25. The molecule has 2 aromatic rings. The van der Waals surface area contributed by atoms with E-state index in [9.17, 15) is 0 Å². The Kier molecular flexibility index (Phi) is 16.5. The summed E-state index contributed by atoms with van der Waals surface area (Å²) in [4.78, 5) is 2.43. The van der Waals surface area contributed by atoms with Gasteiger partial charge in [0.15, 0.2) is 0 Å². The number of fused-ring (bicyclic) bond motifs is 1. The van der Waals surface area contributed by atoms with E-state index in [0.717, 1.165) is 68.1 Å². The molecule has 1 aliphatic carbocycles. The monoisotopic (exact) mass is 575 g/mol. The number of nitrogens with zero attached hydrogens (tertiary/aromatic N) is 1. The Bertz CT molecular complexity index is 1120. The predicted molar refractivity (Wildman–Crippen MR) is 182 cm³/mol. The third kappa shape index (κ3) is 10.9. The molecule has 0 aromatic heterocycles. The number of rotatable bonds is 19. The second-order valence-corrected chi connectivity index (χ2v) is 11.1. The molecular formula is C38H57NO3. The van der Waals surface area contributed by atoms with Crippen molar-refractivity contribution in [3.63, 3.8) is 0 Å². The van der Waals surface area contributed by atoms with Crippen molar-refractivity contribution in [3.8, 4) is 0 Å². The molecule has 1 aliphatic rings. The van der Waals surface area contributed by atoms with Gasteiger partial charge in [0.2, 0.25) is 0 Å². The first-order valence-corrected chi connectivity index (χ1v) is 16.2. The number of allylic oxidation sites excluding steroid dienone is 3. The Morgan fingerprint density at radius 1 is 0.881 bits per heavy atom. The lowest BCUT2D eigenvalue weighted by atomic mass is 9.90. The van der Waals surface area contributed by atoms with Gasteiger partial charge in [-0.3, -0.25) is 4.90 Å². The summed E-state index contributed by atoms with van der Waals surface area (Å²) < 4.78 is 17.2. The molecule has 0 saturated heterocycles. The molecule has 0 aliphatic heterocycles. The Morgan fingerprint density at radius 3 is 2.19 bits per heavy atom. The van der Waals surface area contributed by atoms with Crippen molar-refractivity contribution in [1.82, 2.24) is 4.90 Å². The highest BCUT2D eigenvalue weighted by Crippen LogP contribution is 2.43. The van der Waals surface area contributed by atoms with Gasteiger partial charge in [0.25, 0.3) is 0 Å². The van der Waals surface area contributed by atoms with Crippen LogP contribution in [-0.2, 0) is 27.2 Å². The van der Waals surface area contributed by atoms with Crippen molar-refractivity contribution in [2.75, 3.05) is 40.0 Å². The molecule has 0 fully saturated rings. The lowest BCUT2D eigenvalue weighted by Crippen LogP contribution is -2.31. The maximum atomic E-state index is 6.05. The van der Waals surface area contributed by atoms with Crippen LogP contribution >= 0.6 is 0 Å². The second kappa shape index (κ2) is 19.5. The lowest BCUT2D eigenvalue weighted by molar-refractivity contribution is 0.0793. The van der Waals surface area contributed by atoms with Crippen molar-refractivity contribution in [3.05, 3.63) is 89.0 Å². The summed E-state index contributed by atoms with van der Waals surface area (Å²) in [6, 6.07) is 15.4. The van der Waals surface area contributed by atoms with Crippen LogP contribution in [0.1, 0.15) is 101 Å². The van der Waals surface area contributed by atoms with Gasteiger partial charge in [-0.1, -0.05) is 95.7 Å². The van der Waals surface area contributed by atoms with Crippen LogP contribution in [0.4, 0.5) is 0 Å². The third-order valence-corrected chi connectivity index (χ3v) is 7.53. The molecule has 4 nitrogen and oxygen atoms in total. The zero-order valence-electron chi connectivity index (χ0n) is 27.7. The molecule has 2 aromatic carbocycles. The van der Waals surface area contributed by atoms with E-state index < -0.39 is 0 Å². The van der Waals surface area contributed by atoms with Crippen LogP contribution in [0.25, 0.3) is 16.9 Å². The van der Waals surface area contributed by atoms with Crippen molar-refractivity contribution in [1.29, 1.82) is 0 Å². The number of hydrogen-bond acceptors (Lipinski definition) is 4. The van der Waals surface area contributed by atoms with Gasteiger partial charge >= 0.3 is 0 Å². The highest BCUT2D eigenvalue weighted by atomic mass is 16.5. The Labute approximate surface area is 257 Å². The fraction of sp³-hybridized carbons (Fsp3) is 0.526. The molecule has 42 heavy (non-hydrogen) atoms. The molecule has 0 atom stereocenters. The predicted octanol–water partition coefficient (Wildman–Crippen LogP) is 9.59. The molecule has 0 saturated carbocycles. The first kappa shape index (κ1) is 35.5. The summed E-state index contributed by atoms with van der Waals surface area (Å²) in [5, 5.41) is 0. The highest BCUT2D eigenvalue weighted by molar-refractivity contribution is 6.07. The zero-order valence-corrected chi connectivity index (χ0v) is 27.7. The van der Waals surface area contributed by atoms with Gasteiger partial charge in [-0.2, -0.15) is 0 Å². The molecule has 0 bridgehead atoms. The van der Waals surface area contributed by atoms with E-state index in [2.05, 4.69) is 74.4 Å². The minimum absolute atomic E-state index is 0.101. The number of ether oxygens (including phenoxy) is 3. The molecule has 0 unspecified atom stereocenters. The Balaban J connectivity index is 0.00000301. The number of unbranched alkanes of at least 4 members (excludes halogenated alkanes) is 2. The average Bonchev–Trinajstić information content (AvgIpc) is 3.37. The van der Waals surface area contributed by atoms with E-state index in [-0.39, 0.29) is 6.10 Å². The number of hydrogen-bond donors (Lipinski definition) is 0. The highest BCUT2D eigenvalue weighted by Gasteiger charge is 2.24. The SMILES string of the molecule is C=C(OC(C)C)c1ccc2c(c1)C(C(=C)c1ccc(COCCN(CCCC)CCOC)cc1)=C(CCCC)C2.CC. The first-order valence-electron chi connectivity index (χ1n) is 16.2. The Hall–Kier alpha value is -2.66. The summed E-state index contributed by atoms with van der Waals surface area (Å²) in [6.07, 6.45) is 6.97. The van der Waals surface area contributed by atoms with Crippen LogP contribution in [0.3, 0.4) is 0 Å². The van der Waals surface area contributed by atoms with E-state index in [0.29, 0.717) is 6.61 Å². The van der Waals surface area contributed by atoms with Crippen LogP contribution in [-0.4, -0.2) is 51.0 Å². The van der Waals surface area contributed by atoms with E-state index >= 15 is 0 Å². The van der Waals surface area contributed by atoms with Crippen LogP contribution in [0.15, 0.2) is 61.2 Å². The average molecular weight is 576 g/mol. The third-order valence-electron chi connectivity index (χ3n) is 7.53. The zero-order chi connectivity index (χ0) is 30.9. The smallest absolute Gasteiger partial charge is 0.119 e. The number of methoxy groups -OCH3 is 1. The van der Waals surface area contributed by atoms with Gasteiger partial charge in [-0.15, -0.1) is 0 Å². The van der Waals surface area contributed by atoms with E-state index in [4.69, 9.17) is 14.2 Å². The van der Waals surface area contributed by atoms with Crippen molar-refractivity contribution in [2.45, 2.75) is 92.8 Å². The molecule has 0 spiro atoms. The quantitative estimate of drug-likeness (QED) is 0.123. The minimum atomic E-state index is 0.101. The molecule has 232 valence electrons. The summed E-state index contributed by atoms with van der Waals surface area (Å²) in [6.45, 7) is 26.4. The molecule has 4 heteroatoms. The van der Waals surface area contributed by atoms with Crippen molar-refractivity contribution < 1.29 is 14.2 Å². The van der Waals surface area contributed by atoms with Crippen LogP contribution < -0.4 is 0 Å². The summed E-state index contributed by atoms with van der Waals surface area (Å²) in [7, 11) is 1.76. The van der Waals surface area contributed by atoms with E-state index in [1.54, 1.807) is 7.11 Å². The van der Waals surface area contributed by atoms with Gasteiger partial charge in [0.1, 0.15) is 5.76 Å². The molecular weight excluding hydrogens is 518 g/mol. The van der Waals surface area contributed by atoms with Crippen LogP contribution in [0.2, 0.25) is 0 Å². The molecule has 0 heterocycles. The van der Waals surface area contributed by atoms with Gasteiger partial charge in [0, 0.05) is 25.8 Å². The van der Waals surface area contributed by atoms with E-state index in [1.807, 2.05) is 27.7 Å². The summed E-state index contributed by atoms with van der Waals surface area (Å²) in [5.74, 6) is 0.723. The maximum Gasteiger partial charge on any atom is 0.119 e. The van der Waals surface area contributed by atoms with Gasteiger partial charge in [0.05, 0.1) is 25.9 Å². The first-order chi connectivity index (χ1) is 20.4. The van der Waals surface area contributed by atoms with Gasteiger partial charge in [-0.05, 0) is 85.5 Å². The summed E-state index contributed by atoms with van der Waals surface area (Å²) >= 11 is 0. The molecule has 0 amide bonds. The second-order valence-electron chi connectivity index (χ2n) is 11.1. The minimum Gasteiger partial charge on any atom is -0.491 e. The standard InChI is InChI=1S/C36H51NO3.C2H6/c1-8-10-12-34-24-33-18-17-32(29(6)40-27(3)4)25-35(33)36(34)28(5)31-15-13-30(14-16-31)26-39-23-21-37(19-11-9-2)20-22-38-7;1-2/h13-18,25,27H,5-6,8-12,19-24,26H2,1-4,7H3;1-2H3.